The van der Waals surface area contributed by atoms with Crippen LogP contribution in [0.15, 0.2) is 34.2 Å². The minimum absolute atomic E-state index is 0.0890. The van der Waals surface area contributed by atoms with E-state index in [-0.39, 0.29) is 17.5 Å². The Morgan fingerprint density at radius 2 is 1.84 bits per heavy atom. The zero-order valence-electron chi connectivity index (χ0n) is 13.7. The highest BCUT2D eigenvalue weighted by molar-refractivity contribution is 8.18. The molecule has 1 fully saturated rings. The third-order valence-electron chi connectivity index (χ3n) is 4.04. The van der Waals surface area contributed by atoms with E-state index in [1.54, 1.807) is 25.1 Å². The Balaban J connectivity index is 1.65. The van der Waals surface area contributed by atoms with Crippen molar-refractivity contribution in [2.24, 2.45) is 4.99 Å². The van der Waals surface area contributed by atoms with Crippen LogP contribution in [0.25, 0.3) is 6.08 Å². The Morgan fingerprint density at radius 1 is 1.20 bits per heavy atom. The Kier molecular flexibility index (Phi) is 5.26. The summed E-state index contributed by atoms with van der Waals surface area (Å²) in [6.07, 6.45) is 1.68. The van der Waals surface area contributed by atoms with Gasteiger partial charge in [-0.3, -0.25) is 4.79 Å². The lowest BCUT2D eigenvalue weighted by molar-refractivity contribution is -0.113. The number of aliphatic imine (C=N–C) groups is 1. The highest BCUT2D eigenvalue weighted by Crippen LogP contribution is 2.30. The number of sulfonamides is 1. The minimum atomic E-state index is -3.18. The van der Waals surface area contributed by atoms with Crippen molar-refractivity contribution in [1.29, 1.82) is 0 Å². The maximum absolute atomic E-state index is 13.0. The molecule has 1 aromatic carbocycles. The summed E-state index contributed by atoms with van der Waals surface area (Å²) in [4.78, 5) is 18.6. The number of hydrogen-bond donors (Lipinski definition) is 0. The molecule has 1 amide bonds. The quantitative estimate of drug-likeness (QED) is 0.744. The largest absolute Gasteiger partial charge is 0.348 e. The lowest BCUT2D eigenvalue weighted by atomic mass is 10.2. The van der Waals surface area contributed by atoms with Crippen LogP contribution in [0.3, 0.4) is 0 Å². The summed E-state index contributed by atoms with van der Waals surface area (Å²) in [5.74, 6) is -0.566. The molecular formula is C16H18FN3O3S2. The van der Waals surface area contributed by atoms with E-state index in [0.29, 0.717) is 36.3 Å². The molecule has 0 aromatic heterocycles. The third-order valence-corrected chi connectivity index (χ3v) is 6.97. The molecule has 0 spiro atoms. The molecule has 9 heteroatoms. The molecule has 2 aliphatic heterocycles. The fourth-order valence-electron chi connectivity index (χ4n) is 2.58. The molecule has 0 N–H and O–H groups in total. The maximum atomic E-state index is 13.0. The average Bonchev–Trinajstić information content (AvgIpc) is 2.98. The molecule has 0 bridgehead atoms. The zero-order valence-corrected chi connectivity index (χ0v) is 15.3. The summed E-state index contributed by atoms with van der Waals surface area (Å²) >= 11 is 1.26. The smallest absolute Gasteiger partial charge is 0.286 e. The molecule has 0 saturated carbocycles. The molecule has 0 radical (unpaired) electrons. The van der Waals surface area contributed by atoms with Crippen LogP contribution >= 0.6 is 11.8 Å². The van der Waals surface area contributed by atoms with Crippen molar-refractivity contribution in [3.8, 4) is 0 Å². The van der Waals surface area contributed by atoms with Gasteiger partial charge < -0.3 is 4.90 Å². The molecule has 6 nitrogen and oxygen atoms in total. The van der Waals surface area contributed by atoms with Crippen molar-refractivity contribution in [1.82, 2.24) is 9.21 Å². The molecule has 134 valence electrons. The van der Waals surface area contributed by atoms with E-state index < -0.39 is 10.0 Å². The molecule has 0 aliphatic carbocycles. The second kappa shape index (κ2) is 7.27. The number of carbonyl (C=O) groups excluding carboxylic acids is 1. The summed E-state index contributed by atoms with van der Waals surface area (Å²) in [5.41, 5.74) is 0.729. The van der Waals surface area contributed by atoms with Gasteiger partial charge in [-0.1, -0.05) is 12.1 Å². The topological polar surface area (TPSA) is 70.1 Å². The number of amidine groups is 1. The molecule has 2 heterocycles. The van der Waals surface area contributed by atoms with Gasteiger partial charge in [0.15, 0.2) is 5.17 Å². The summed E-state index contributed by atoms with van der Waals surface area (Å²) in [7, 11) is -3.18. The molecule has 1 aromatic rings. The Hall–Kier alpha value is -1.71. The predicted octanol–water partition coefficient (Wildman–Crippen LogP) is 1.76. The van der Waals surface area contributed by atoms with Crippen molar-refractivity contribution < 1.29 is 17.6 Å². The standard InChI is InChI=1S/C16H18FN3O3S2/c1-2-25(22,23)20-9-7-19(8-10-20)16-18-15(21)14(24-16)11-12-3-5-13(17)6-4-12/h3-6,11H,2,7-10H2,1H3/b14-11-. The number of thioether (sulfide) groups is 1. The van der Waals surface area contributed by atoms with E-state index in [0.717, 1.165) is 5.56 Å². The first-order valence-corrected chi connectivity index (χ1v) is 10.3. The van der Waals surface area contributed by atoms with E-state index >= 15 is 0 Å². The van der Waals surface area contributed by atoms with Crippen LogP contribution in [0.4, 0.5) is 4.39 Å². The Morgan fingerprint density at radius 3 is 2.44 bits per heavy atom. The summed E-state index contributed by atoms with van der Waals surface area (Å²) in [6.45, 7) is 3.41. The number of benzene rings is 1. The first kappa shape index (κ1) is 18.1. The van der Waals surface area contributed by atoms with Crippen molar-refractivity contribution in [2.45, 2.75) is 6.92 Å². The van der Waals surface area contributed by atoms with Crippen LogP contribution < -0.4 is 0 Å². The summed E-state index contributed by atoms with van der Waals surface area (Å²) < 4.78 is 38.2. The van der Waals surface area contributed by atoms with Gasteiger partial charge in [0.05, 0.1) is 10.7 Å². The van der Waals surface area contributed by atoms with Gasteiger partial charge in [-0.15, -0.1) is 0 Å². The van der Waals surface area contributed by atoms with E-state index in [9.17, 15) is 17.6 Å². The normalized spacial score (nSPS) is 21.0. The number of nitrogens with zero attached hydrogens (tertiary/aromatic N) is 3. The molecule has 25 heavy (non-hydrogen) atoms. The van der Waals surface area contributed by atoms with Crippen molar-refractivity contribution in [3.05, 3.63) is 40.6 Å². The number of amides is 1. The fourth-order valence-corrected chi connectivity index (χ4v) is 4.63. The maximum Gasteiger partial charge on any atom is 0.286 e. The summed E-state index contributed by atoms with van der Waals surface area (Å²) in [5, 5.41) is 0.590. The average molecular weight is 383 g/mol. The lowest BCUT2D eigenvalue weighted by Crippen LogP contribution is -2.50. The predicted molar refractivity (Wildman–Crippen MR) is 97.0 cm³/mol. The Bertz CT molecular complexity index is 827. The van der Waals surface area contributed by atoms with Gasteiger partial charge >= 0.3 is 0 Å². The van der Waals surface area contributed by atoms with Gasteiger partial charge in [0.2, 0.25) is 10.0 Å². The first-order chi connectivity index (χ1) is 11.9. The number of rotatable bonds is 3. The van der Waals surface area contributed by atoms with Crippen molar-refractivity contribution in [3.63, 3.8) is 0 Å². The van der Waals surface area contributed by atoms with Crippen molar-refractivity contribution >= 4 is 38.9 Å². The molecule has 2 aliphatic rings. The molecule has 1 saturated heterocycles. The second-order valence-corrected chi connectivity index (χ2v) is 8.92. The van der Waals surface area contributed by atoms with Crippen LogP contribution in [0.2, 0.25) is 0 Å². The second-order valence-electron chi connectivity index (χ2n) is 5.65. The van der Waals surface area contributed by atoms with Gasteiger partial charge in [0, 0.05) is 26.2 Å². The van der Waals surface area contributed by atoms with Crippen LogP contribution in [0.5, 0.6) is 0 Å². The summed E-state index contributed by atoms with van der Waals surface area (Å²) in [6, 6.07) is 5.88. The molecule has 3 rings (SSSR count). The minimum Gasteiger partial charge on any atom is -0.348 e. The Labute approximate surface area is 150 Å². The number of carbonyl (C=O) groups is 1. The monoisotopic (exact) mass is 383 g/mol. The fraction of sp³-hybridized carbons (Fsp3) is 0.375. The molecule has 0 unspecified atom stereocenters. The highest BCUT2D eigenvalue weighted by Gasteiger charge is 2.31. The first-order valence-electron chi connectivity index (χ1n) is 7.90. The van der Waals surface area contributed by atoms with E-state index in [1.165, 1.54) is 28.2 Å². The number of piperazine rings is 1. The van der Waals surface area contributed by atoms with Crippen LogP contribution in [-0.4, -0.2) is 60.6 Å². The van der Waals surface area contributed by atoms with Crippen molar-refractivity contribution in [2.75, 3.05) is 31.9 Å². The third kappa shape index (κ3) is 4.10. The van der Waals surface area contributed by atoms with Crippen LogP contribution in [-0.2, 0) is 14.8 Å². The van der Waals surface area contributed by atoms with Crippen LogP contribution in [0.1, 0.15) is 12.5 Å². The van der Waals surface area contributed by atoms with Gasteiger partial charge in [-0.25, -0.2) is 12.8 Å². The zero-order chi connectivity index (χ0) is 18.0. The van der Waals surface area contributed by atoms with Gasteiger partial charge in [-0.2, -0.15) is 9.30 Å². The van der Waals surface area contributed by atoms with Crippen LogP contribution in [0, 0.1) is 5.82 Å². The van der Waals surface area contributed by atoms with Gasteiger partial charge in [0.1, 0.15) is 5.82 Å². The van der Waals surface area contributed by atoms with Gasteiger partial charge in [-0.05, 0) is 42.5 Å². The molecule has 0 atom stereocenters. The van der Waals surface area contributed by atoms with E-state index in [4.69, 9.17) is 0 Å². The SMILES string of the molecule is CCS(=O)(=O)N1CCN(C2=NC(=O)/C(=C/c3ccc(F)cc3)S2)CC1. The number of halogens is 1. The van der Waals surface area contributed by atoms with E-state index in [2.05, 4.69) is 4.99 Å². The lowest BCUT2D eigenvalue weighted by Gasteiger charge is -2.34. The number of hydrogen-bond acceptors (Lipinski definition) is 5. The molecular weight excluding hydrogens is 365 g/mol. The van der Waals surface area contributed by atoms with Gasteiger partial charge in [0.25, 0.3) is 5.91 Å². The highest BCUT2D eigenvalue weighted by atomic mass is 32.2. The van der Waals surface area contributed by atoms with E-state index in [1.807, 2.05) is 4.90 Å².